The predicted octanol–water partition coefficient (Wildman–Crippen LogP) is 1.56. The van der Waals surface area contributed by atoms with Gasteiger partial charge in [-0.05, 0) is 20.3 Å². The summed E-state index contributed by atoms with van der Waals surface area (Å²) in [7, 11) is 0. The van der Waals surface area contributed by atoms with Crippen molar-refractivity contribution in [1.82, 2.24) is 9.97 Å². The SMILES string of the molecule is CCCc1cc(NN)nc(N(CC)CC)n1. The molecule has 0 amide bonds. The Kier molecular flexibility index (Phi) is 4.98. The lowest BCUT2D eigenvalue weighted by molar-refractivity contribution is 0.798. The van der Waals surface area contributed by atoms with E-state index in [4.69, 9.17) is 5.84 Å². The van der Waals surface area contributed by atoms with Gasteiger partial charge in [-0.3, -0.25) is 0 Å². The predicted molar refractivity (Wildman–Crippen MR) is 67.4 cm³/mol. The molecule has 0 saturated heterocycles. The van der Waals surface area contributed by atoms with Gasteiger partial charge in [0.1, 0.15) is 5.82 Å². The number of hydrazine groups is 1. The van der Waals surface area contributed by atoms with E-state index in [0.29, 0.717) is 5.82 Å². The van der Waals surface area contributed by atoms with E-state index in [9.17, 15) is 0 Å². The van der Waals surface area contributed by atoms with E-state index < -0.39 is 0 Å². The molecule has 0 spiro atoms. The molecule has 90 valence electrons. The highest BCUT2D eigenvalue weighted by Crippen LogP contribution is 2.14. The first-order valence-electron chi connectivity index (χ1n) is 5.84. The number of nitrogen functional groups attached to an aromatic ring is 1. The second-order valence-corrected chi connectivity index (χ2v) is 3.61. The molecule has 1 aromatic rings. The quantitative estimate of drug-likeness (QED) is 0.566. The van der Waals surface area contributed by atoms with Gasteiger partial charge in [-0.15, -0.1) is 0 Å². The molecule has 0 fully saturated rings. The van der Waals surface area contributed by atoms with Crippen molar-refractivity contribution in [2.24, 2.45) is 5.84 Å². The maximum Gasteiger partial charge on any atom is 0.227 e. The van der Waals surface area contributed by atoms with E-state index in [0.717, 1.165) is 37.6 Å². The van der Waals surface area contributed by atoms with Crippen molar-refractivity contribution < 1.29 is 0 Å². The Labute approximate surface area is 97.0 Å². The van der Waals surface area contributed by atoms with Gasteiger partial charge in [-0.25, -0.2) is 10.8 Å². The maximum absolute atomic E-state index is 5.41. The number of aryl methyl sites for hydroxylation is 1. The summed E-state index contributed by atoms with van der Waals surface area (Å²) in [5, 5.41) is 0. The van der Waals surface area contributed by atoms with Crippen LogP contribution in [0, 0.1) is 0 Å². The fourth-order valence-corrected chi connectivity index (χ4v) is 1.59. The Morgan fingerprint density at radius 1 is 1.25 bits per heavy atom. The summed E-state index contributed by atoms with van der Waals surface area (Å²) in [6, 6.07) is 1.90. The first-order chi connectivity index (χ1) is 7.74. The Balaban J connectivity index is 3.02. The molecular formula is C11H21N5. The average molecular weight is 223 g/mol. The normalized spacial score (nSPS) is 10.2. The summed E-state index contributed by atoms with van der Waals surface area (Å²) in [5.41, 5.74) is 3.63. The highest BCUT2D eigenvalue weighted by Gasteiger charge is 2.08. The molecule has 5 heteroatoms. The van der Waals surface area contributed by atoms with Gasteiger partial charge in [-0.2, -0.15) is 4.98 Å². The highest BCUT2D eigenvalue weighted by atomic mass is 15.3. The van der Waals surface area contributed by atoms with Crippen LogP contribution in [0.4, 0.5) is 11.8 Å². The summed E-state index contributed by atoms with van der Waals surface area (Å²) in [6.07, 6.45) is 2.02. The molecule has 1 aromatic heterocycles. The van der Waals surface area contributed by atoms with Gasteiger partial charge in [0, 0.05) is 24.8 Å². The zero-order chi connectivity index (χ0) is 12.0. The van der Waals surface area contributed by atoms with Crippen molar-refractivity contribution in [1.29, 1.82) is 0 Å². The van der Waals surface area contributed by atoms with Crippen molar-refractivity contribution in [3.63, 3.8) is 0 Å². The average Bonchev–Trinajstić information content (AvgIpc) is 2.31. The third-order valence-electron chi connectivity index (χ3n) is 2.47. The van der Waals surface area contributed by atoms with E-state index in [1.165, 1.54) is 0 Å². The monoisotopic (exact) mass is 223 g/mol. The van der Waals surface area contributed by atoms with Gasteiger partial charge in [0.25, 0.3) is 0 Å². The molecule has 0 aliphatic heterocycles. The Morgan fingerprint density at radius 2 is 1.94 bits per heavy atom. The van der Waals surface area contributed by atoms with Crippen molar-refractivity contribution in [2.75, 3.05) is 23.4 Å². The van der Waals surface area contributed by atoms with Crippen LogP contribution < -0.4 is 16.2 Å². The van der Waals surface area contributed by atoms with E-state index in [2.05, 4.69) is 41.1 Å². The fourth-order valence-electron chi connectivity index (χ4n) is 1.59. The molecule has 0 atom stereocenters. The Morgan fingerprint density at radius 3 is 2.44 bits per heavy atom. The summed E-state index contributed by atoms with van der Waals surface area (Å²) in [6.45, 7) is 8.12. The van der Waals surface area contributed by atoms with Gasteiger partial charge in [0.05, 0.1) is 0 Å². The number of nitrogens with one attached hydrogen (secondary N) is 1. The van der Waals surface area contributed by atoms with Gasteiger partial charge < -0.3 is 10.3 Å². The Bertz CT molecular complexity index is 322. The number of anilines is 2. The van der Waals surface area contributed by atoms with E-state index in [1.54, 1.807) is 0 Å². The third kappa shape index (κ3) is 3.06. The molecule has 0 saturated carbocycles. The van der Waals surface area contributed by atoms with Crippen LogP contribution in [0.25, 0.3) is 0 Å². The number of rotatable bonds is 6. The maximum atomic E-state index is 5.41. The van der Waals surface area contributed by atoms with E-state index >= 15 is 0 Å². The number of aromatic nitrogens is 2. The standard InChI is InChI=1S/C11H21N5/c1-4-7-9-8-10(15-12)14-11(13-9)16(5-2)6-3/h8H,4-7,12H2,1-3H3,(H,13,14,15). The second-order valence-electron chi connectivity index (χ2n) is 3.61. The smallest absolute Gasteiger partial charge is 0.227 e. The lowest BCUT2D eigenvalue weighted by atomic mass is 10.2. The summed E-state index contributed by atoms with van der Waals surface area (Å²) < 4.78 is 0. The van der Waals surface area contributed by atoms with Gasteiger partial charge in [-0.1, -0.05) is 13.3 Å². The van der Waals surface area contributed by atoms with Crippen molar-refractivity contribution in [3.05, 3.63) is 11.8 Å². The minimum Gasteiger partial charge on any atom is -0.341 e. The van der Waals surface area contributed by atoms with E-state index in [1.807, 2.05) is 6.07 Å². The molecule has 0 aliphatic carbocycles. The molecule has 16 heavy (non-hydrogen) atoms. The summed E-state index contributed by atoms with van der Waals surface area (Å²) in [4.78, 5) is 11.0. The molecule has 0 aliphatic rings. The lowest BCUT2D eigenvalue weighted by Crippen LogP contribution is -2.25. The molecule has 5 nitrogen and oxygen atoms in total. The molecule has 3 N–H and O–H groups in total. The first kappa shape index (κ1) is 12.7. The van der Waals surface area contributed by atoms with Gasteiger partial charge in [0.2, 0.25) is 5.95 Å². The minimum absolute atomic E-state index is 0.681. The summed E-state index contributed by atoms with van der Waals surface area (Å²) in [5.74, 6) is 6.84. The summed E-state index contributed by atoms with van der Waals surface area (Å²) >= 11 is 0. The largest absolute Gasteiger partial charge is 0.341 e. The minimum atomic E-state index is 0.681. The van der Waals surface area contributed by atoms with Crippen LogP contribution in [-0.4, -0.2) is 23.1 Å². The molecule has 0 aromatic carbocycles. The van der Waals surface area contributed by atoms with Crippen molar-refractivity contribution in [3.8, 4) is 0 Å². The van der Waals surface area contributed by atoms with Crippen LogP contribution in [0.2, 0.25) is 0 Å². The van der Waals surface area contributed by atoms with Crippen LogP contribution in [-0.2, 0) is 6.42 Å². The van der Waals surface area contributed by atoms with Crippen LogP contribution >= 0.6 is 0 Å². The third-order valence-corrected chi connectivity index (χ3v) is 2.47. The first-order valence-corrected chi connectivity index (χ1v) is 5.84. The molecule has 0 unspecified atom stereocenters. The van der Waals surface area contributed by atoms with Crippen LogP contribution in [0.3, 0.4) is 0 Å². The highest BCUT2D eigenvalue weighted by molar-refractivity contribution is 5.42. The molecule has 0 radical (unpaired) electrons. The number of hydrogen-bond acceptors (Lipinski definition) is 5. The van der Waals surface area contributed by atoms with Crippen molar-refractivity contribution in [2.45, 2.75) is 33.6 Å². The van der Waals surface area contributed by atoms with Crippen molar-refractivity contribution >= 4 is 11.8 Å². The van der Waals surface area contributed by atoms with E-state index in [-0.39, 0.29) is 0 Å². The number of hydrogen-bond donors (Lipinski definition) is 2. The number of nitrogens with zero attached hydrogens (tertiary/aromatic N) is 3. The van der Waals surface area contributed by atoms with Crippen LogP contribution in [0.5, 0.6) is 0 Å². The van der Waals surface area contributed by atoms with Gasteiger partial charge in [0.15, 0.2) is 0 Å². The van der Waals surface area contributed by atoms with Gasteiger partial charge >= 0.3 is 0 Å². The molecular weight excluding hydrogens is 202 g/mol. The van der Waals surface area contributed by atoms with Crippen LogP contribution in [0.15, 0.2) is 6.07 Å². The van der Waals surface area contributed by atoms with Crippen LogP contribution in [0.1, 0.15) is 32.9 Å². The zero-order valence-electron chi connectivity index (χ0n) is 10.3. The fraction of sp³-hybridized carbons (Fsp3) is 0.636. The lowest BCUT2D eigenvalue weighted by Gasteiger charge is -2.19. The molecule has 0 bridgehead atoms. The zero-order valence-corrected chi connectivity index (χ0v) is 10.3. The molecule has 1 rings (SSSR count). The second kappa shape index (κ2) is 6.27. The topological polar surface area (TPSA) is 67.1 Å². The Hall–Kier alpha value is -1.36. The molecule has 1 heterocycles. The number of nitrogens with two attached hydrogens (primary N) is 1.